The number of carbonyl (C=O) groups excluding carboxylic acids is 1. The van der Waals surface area contributed by atoms with Crippen molar-refractivity contribution in [1.29, 1.82) is 0 Å². The van der Waals surface area contributed by atoms with Crippen molar-refractivity contribution in [3.63, 3.8) is 0 Å². The van der Waals surface area contributed by atoms with Crippen LogP contribution >= 0.6 is 0 Å². The topological polar surface area (TPSA) is 32.3 Å². The summed E-state index contributed by atoms with van der Waals surface area (Å²) in [6, 6.07) is 4.60. The molecule has 0 aliphatic carbocycles. The van der Waals surface area contributed by atoms with Crippen molar-refractivity contribution in [3.8, 4) is 0 Å². The molecule has 1 N–H and O–H groups in total. The lowest BCUT2D eigenvalue weighted by Crippen LogP contribution is -2.58. The van der Waals surface area contributed by atoms with E-state index in [4.69, 9.17) is 0 Å². The van der Waals surface area contributed by atoms with Gasteiger partial charge in [0.2, 0.25) is 0 Å². The van der Waals surface area contributed by atoms with Crippen molar-refractivity contribution in [2.24, 2.45) is 0 Å². The molecule has 2 aliphatic heterocycles. The van der Waals surface area contributed by atoms with Gasteiger partial charge in [-0.05, 0) is 51.1 Å². The predicted octanol–water partition coefficient (Wildman–Crippen LogP) is 2.36. The number of nitrogens with zero attached hydrogens (tertiary/aromatic N) is 1. The minimum absolute atomic E-state index is 0.0675. The molecule has 102 valence electrons. The van der Waals surface area contributed by atoms with Crippen LogP contribution in [0, 0.1) is 5.82 Å². The number of ketones is 1. The molecule has 4 heteroatoms. The first kappa shape index (κ1) is 12.6. The third-order valence-electron chi connectivity index (χ3n) is 4.46. The molecule has 0 saturated carbocycles. The fourth-order valence-corrected chi connectivity index (χ4v) is 3.56. The number of nitrogens with one attached hydrogen (secondary N) is 1. The van der Waals surface area contributed by atoms with Gasteiger partial charge in [0.1, 0.15) is 5.82 Å². The Balaban J connectivity index is 2.08. The predicted molar refractivity (Wildman–Crippen MR) is 73.2 cm³/mol. The maximum absolute atomic E-state index is 13.4. The lowest BCUT2D eigenvalue weighted by molar-refractivity contribution is 0.0918. The van der Waals surface area contributed by atoms with Crippen LogP contribution in [0.2, 0.25) is 0 Å². The summed E-state index contributed by atoms with van der Waals surface area (Å²) < 4.78 is 13.4. The van der Waals surface area contributed by atoms with E-state index in [-0.39, 0.29) is 17.1 Å². The summed E-state index contributed by atoms with van der Waals surface area (Å²) in [7, 11) is 0. The lowest BCUT2D eigenvalue weighted by atomic mass is 9.77. The van der Waals surface area contributed by atoms with E-state index in [1.54, 1.807) is 6.07 Å². The molecule has 0 aromatic heterocycles. The van der Waals surface area contributed by atoms with Crippen molar-refractivity contribution in [2.45, 2.75) is 31.7 Å². The Hall–Kier alpha value is -1.42. The van der Waals surface area contributed by atoms with Gasteiger partial charge >= 0.3 is 0 Å². The number of rotatable bonds is 1. The molecule has 2 aliphatic rings. The molecule has 0 unspecified atom stereocenters. The summed E-state index contributed by atoms with van der Waals surface area (Å²) in [4.78, 5) is 14.7. The van der Waals surface area contributed by atoms with Crippen LogP contribution in [0.1, 0.15) is 36.5 Å². The van der Waals surface area contributed by atoms with Gasteiger partial charge in [0.25, 0.3) is 0 Å². The lowest BCUT2D eigenvalue weighted by Gasteiger charge is -2.50. The highest BCUT2D eigenvalue weighted by Crippen LogP contribution is 2.41. The molecule has 1 spiro atoms. The molecule has 19 heavy (non-hydrogen) atoms. The molecule has 1 fully saturated rings. The molecule has 0 amide bonds. The molecule has 1 aromatic rings. The number of fused-ring (bicyclic) bond motifs is 1. The largest absolute Gasteiger partial charge is 0.365 e. The Morgan fingerprint density at radius 3 is 2.79 bits per heavy atom. The van der Waals surface area contributed by atoms with E-state index >= 15 is 0 Å². The average molecular weight is 262 g/mol. The molecule has 3 rings (SSSR count). The zero-order valence-corrected chi connectivity index (χ0v) is 11.2. The van der Waals surface area contributed by atoms with Crippen LogP contribution in [0.15, 0.2) is 18.2 Å². The van der Waals surface area contributed by atoms with E-state index in [1.165, 1.54) is 12.1 Å². The Bertz CT molecular complexity index is 509. The fraction of sp³-hybridized carbons (Fsp3) is 0.533. The van der Waals surface area contributed by atoms with E-state index in [9.17, 15) is 9.18 Å². The first-order chi connectivity index (χ1) is 9.16. The van der Waals surface area contributed by atoms with Crippen LogP contribution in [0.4, 0.5) is 10.1 Å². The van der Waals surface area contributed by atoms with E-state index in [0.29, 0.717) is 12.0 Å². The Morgan fingerprint density at radius 2 is 2.11 bits per heavy atom. The first-order valence-electron chi connectivity index (χ1n) is 6.97. The maximum Gasteiger partial charge on any atom is 0.167 e. The number of anilines is 1. The summed E-state index contributed by atoms with van der Waals surface area (Å²) >= 11 is 0. The molecule has 2 heterocycles. The number of carbonyl (C=O) groups is 1. The van der Waals surface area contributed by atoms with E-state index in [0.717, 1.165) is 38.2 Å². The number of hydrogen-bond donors (Lipinski definition) is 1. The number of halogens is 1. The summed E-state index contributed by atoms with van der Waals surface area (Å²) in [5.74, 6) is -0.245. The average Bonchev–Trinajstić information content (AvgIpc) is 2.41. The highest BCUT2D eigenvalue weighted by atomic mass is 19.1. The molecule has 1 aromatic carbocycles. The zero-order chi connectivity index (χ0) is 13.5. The van der Waals surface area contributed by atoms with Crippen LogP contribution < -0.4 is 10.2 Å². The first-order valence-corrected chi connectivity index (χ1v) is 6.97. The number of Topliss-reactive ketones (excluding diaryl/α,β-unsaturated/α-hetero) is 1. The van der Waals surface area contributed by atoms with E-state index in [1.807, 2.05) is 0 Å². The van der Waals surface area contributed by atoms with Gasteiger partial charge < -0.3 is 10.2 Å². The van der Waals surface area contributed by atoms with Gasteiger partial charge in [-0.3, -0.25) is 4.79 Å². The molecule has 0 atom stereocenters. The van der Waals surface area contributed by atoms with Crippen molar-refractivity contribution in [1.82, 2.24) is 5.32 Å². The van der Waals surface area contributed by atoms with Gasteiger partial charge in [-0.25, -0.2) is 4.39 Å². The number of benzene rings is 1. The van der Waals surface area contributed by atoms with Gasteiger partial charge in [-0.1, -0.05) is 0 Å². The SMILES string of the molecule is CCN1c2ccc(F)cc2C(=O)CC12CCNCC2. The summed E-state index contributed by atoms with van der Waals surface area (Å²) in [5, 5.41) is 3.35. The minimum Gasteiger partial charge on any atom is -0.365 e. The monoisotopic (exact) mass is 262 g/mol. The van der Waals surface area contributed by atoms with Crippen molar-refractivity contribution >= 4 is 11.5 Å². The molecular weight excluding hydrogens is 243 g/mol. The molecule has 1 saturated heterocycles. The van der Waals surface area contributed by atoms with Crippen molar-refractivity contribution in [2.75, 3.05) is 24.5 Å². The Morgan fingerprint density at radius 1 is 1.37 bits per heavy atom. The fourth-order valence-electron chi connectivity index (χ4n) is 3.56. The minimum atomic E-state index is -0.329. The van der Waals surface area contributed by atoms with Gasteiger partial charge in [0.15, 0.2) is 5.78 Å². The van der Waals surface area contributed by atoms with Gasteiger partial charge in [-0.2, -0.15) is 0 Å². The smallest absolute Gasteiger partial charge is 0.167 e. The van der Waals surface area contributed by atoms with Crippen LogP contribution in [0.25, 0.3) is 0 Å². The zero-order valence-electron chi connectivity index (χ0n) is 11.2. The van der Waals surface area contributed by atoms with Crippen LogP contribution in [-0.2, 0) is 0 Å². The van der Waals surface area contributed by atoms with Gasteiger partial charge in [0.05, 0.1) is 0 Å². The molecule has 0 radical (unpaired) electrons. The second-order valence-corrected chi connectivity index (χ2v) is 5.48. The number of hydrogen-bond acceptors (Lipinski definition) is 3. The van der Waals surface area contributed by atoms with Crippen LogP contribution in [0.3, 0.4) is 0 Å². The van der Waals surface area contributed by atoms with Crippen molar-refractivity contribution < 1.29 is 9.18 Å². The number of piperidine rings is 1. The Kier molecular flexibility index (Phi) is 3.05. The third-order valence-corrected chi connectivity index (χ3v) is 4.46. The van der Waals surface area contributed by atoms with Gasteiger partial charge in [0, 0.05) is 29.8 Å². The summed E-state index contributed by atoms with van der Waals surface area (Å²) in [6.07, 6.45) is 2.46. The Labute approximate surface area is 112 Å². The van der Waals surface area contributed by atoms with E-state index < -0.39 is 0 Å². The van der Waals surface area contributed by atoms with Crippen LogP contribution in [0.5, 0.6) is 0 Å². The van der Waals surface area contributed by atoms with Crippen molar-refractivity contribution in [3.05, 3.63) is 29.6 Å². The van der Waals surface area contributed by atoms with E-state index in [2.05, 4.69) is 17.1 Å². The second kappa shape index (κ2) is 4.60. The third kappa shape index (κ3) is 1.94. The normalized spacial score (nSPS) is 21.6. The van der Waals surface area contributed by atoms with Gasteiger partial charge in [-0.15, -0.1) is 0 Å². The summed E-state index contributed by atoms with van der Waals surface area (Å²) in [5.41, 5.74) is 1.38. The molecule has 0 bridgehead atoms. The quantitative estimate of drug-likeness (QED) is 0.843. The molecule has 3 nitrogen and oxygen atoms in total. The van der Waals surface area contributed by atoms with Crippen LogP contribution in [-0.4, -0.2) is 31.0 Å². The summed E-state index contributed by atoms with van der Waals surface area (Å²) in [6.45, 7) is 4.85. The standard InChI is InChI=1S/C15H19FN2O/c1-2-18-13-4-3-11(16)9-12(13)14(19)10-15(18)5-7-17-8-6-15/h3-4,9,17H,2,5-8,10H2,1H3. The second-order valence-electron chi connectivity index (χ2n) is 5.48. The highest BCUT2D eigenvalue weighted by molar-refractivity contribution is 6.04. The molecular formula is C15H19FN2O. The maximum atomic E-state index is 13.4. The highest BCUT2D eigenvalue weighted by Gasteiger charge is 2.44.